The van der Waals surface area contributed by atoms with Crippen molar-refractivity contribution >= 4 is 12.0 Å². The van der Waals surface area contributed by atoms with Crippen LogP contribution in [0.3, 0.4) is 0 Å². The molecule has 3 nitrogen and oxygen atoms in total. The minimum atomic E-state index is -0.735. The smallest absolute Gasteiger partial charge is 0.306 e. The molecule has 0 saturated carbocycles. The Balaban J connectivity index is 2.32. The molecule has 0 aliphatic heterocycles. The molecule has 1 rings (SSSR count). The number of allylic oxidation sites excluding steroid dienone is 1. The molecule has 1 unspecified atom stereocenters. The van der Waals surface area contributed by atoms with Gasteiger partial charge in [0.05, 0.1) is 11.6 Å². The number of hydrogen-bond donors (Lipinski definition) is 1. The average Bonchev–Trinajstić information content (AvgIpc) is 2.25. The van der Waals surface area contributed by atoms with Crippen molar-refractivity contribution in [2.75, 3.05) is 0 Å². The monoisotopic (exact) mass is 205 g/mol. The zero-order chi connectivity index (χ0) is 11.1. The zero-order valence-electron chi connectivity index (χ0n) is 8.76. The van der Waals surface area contributed by atoms with E-state index in [1.54, 1.807) is 13.1 Å². The van der Waals surface area contributed by atoms with Gasteiger partial charge in [0.25, 0.3) is 0 Å². The molecule has 15 heavy (non-hydrogen) atoms. The van der Waals surface area contributed by atoms with Crippen LogP contribution in [-0.4, -0.2) is 16.1 Å². The molecule has 0 spiro atoms. The fourth-order valence-electron chi connectivity index (χ4n) is 1.15. The van der Waals surface area contributed by atoms with Crippen LogP contribution in [-0.2, 0) is 4.79 Å². The Bertz CT molecular complexity index is 333. The highest BCUT2D eigenvalue weighted by atomic mass is 16.4. The Kier molecular flexibility index (Phi) is 4.54. The van der Waals surface area contributed by atoms with Crippen molar-refractivity contribution in [3.63, 3.8) is 0 Å². The third kappa shape index (κ3) is 4.40. The summed E-state index contributed by atoms with van der Waals surface area (Å²) in [5.74, 6) is -1.01. The van der Waals surface area contributed by atoms with E-state index < -0.39 is 5.97 Å². The van der Waals surface area contributed by atoms with Gasteiger partial charge in [-0.3, -0.25) is 9.78 Å². The average molecular weight is 205 g/mol. The van der Waals surface area contributed by atoms with Gasteiger partial charge in [0.1, 0.15) is 0 Å². The van der Waals surface area contributed by atoms with Gasteiger partial charge in [-0.1, -0.05) is 19.1 Å². The summed E-state index contributed by atoms with van der Waals surface area (Å²) in [6.07, 6.45) is 7.04. The Morgan fingerprint density at radius 3 is 3.00 bits per heavy atom. The number of carbonyl (C=O) groups is 1. The van der Waals surface area contributed by atoms with E-state index in [0.717, 1.165) is 12.1 Å². The van der Waals surface area contributed by atoms with E-state index in [1.807, 2.05) is 30.4 Å². The molecule has 1 N–H and O–H groups in total. The maximum absolute atomic E-state index is 10.5. The van der Waals surface area contributed by atoms with Crippen molar-refractivity contribution in [3.8, 4) is 0 Å². The number of carboxylic acid groups (broad SMARTS) is 1. The molecule has 0 aliphatic carbocycles. The highest BCUT2D eigenvalue weighted by molar-refractivity contribution is 5.69. The van der Waals surface area contributed by atoms with Crippen molar-refractivity contribution < 1.29 is 9.90 Å². The van der Waals surface area contributed by atoms with Gasteiger partial charge in [0.15, 0.2) is 0 Å². The first-order valence-electron chi connectivity index (χ1n) is 5.00. The second-order valence-electron chi connectivity index (χ2n) is 3.47. The first-order chi connectivity index (χ1) is 7.20. The predicted molar refractivity (Wildman–Crippen MR) is 59.3 cm³/mol. The summed E-state index contributed by atoms with van der Waals surface area (Å²) in [4.78, 5) is 14.7. The second kappa shape index (κ2) is 5.96. The minimum Gasteiger partial charge on any atom is -0.481 e. The van der Waals surface area contributed by atoms with E-state index in [9.17, 15) is 4.79 Å². The molecule has 1 heterocycles. The number of carboxylic acids is 1. The van der Waals surface area contributed by atoms with Crippen molar-refractivity contribution in [2.45, 2.75) is 19.8 Å². The highest BCUT2D eigenvalue weighted by Crippen LogP contribution is 2.07. The first kappa shape index (κ1) is 11.4. The quantitative estimate of drug-likeness (QED) is 0.803. The molecule has 1 aromatic heterocycles. The first-order valence-corrected chi connectivity index (χ1v) is 5.00. The Morgan fingerprint density at radius 2 is 2.40 bits per heavy atom. The molecule has 1 aromatic rings. The van der Waals surface area contributed by atoms with Crippen LogP contribution in [0.1, 0.15) is 25.5 Å². The molecule has 3 heteroatoms. The van der Waals surface area contributed by atoms with Gasteiger partial charge < -0.3 is 5.11 Å². The highest BCUT2D eigenvalue weighted by Gasteiger charge is 2.08. The van der Waals surface area contributed by atoms with Crippen LogP contribution < -0.4 is 0 Å². The van der Waals surface area contributed by atoms with Crippen molar-refractivity contribution in [1.29, 1.82) is 0 Å². The topological polar surface area (TPSA) is 50.2 Å². The van der Waals surface area contributed by atoms with Crippen molar-refractivity contribution in [1.82, 2.24) is 4.98 Å². The molecule has 0 aromatic carbocycles. The normalized spacial score (nSPS) is 12.9. The summed E-state index contributed by atoms with van der Waals surface area (Å²) in [6, 6.07) is 5.70. The van der Waals surface area contributed by atoms with E-state index in [1.165, 1.54) is 0 Å². The predicted octanol–water partition coefficient (Wildman–Crippen LogP) is 2.60. The number of aromatic nitrogens is 1. The van der Waals surface area contributed by atoms with Crippen LogP contribution in [0.25, 0.3) is 6.08 Å². The van der Waals surface area contributed by atoms with Gasteiger partial charge >= 0.3 is 5.97 Å². The largest absolute Gasteiger partial charge is 0.481 e. The van der Waals surface area contributed by atoms with Crippen LogP contribution in [0.2, 0.25) is 0 Å². The number of rotatable bonds is 5. The minimum absolute atomic E-state index is 0.279. The third-order valence-electron chi connectivity index (χ3n) is 2.16. The van der Waals surface area contributed by atoms with Gasteiger partial charge in [-0.25, -0.2) is 0 Å². The SMILES string of the molecule is CC(CC/C=C/c1ccccn1)C(=O)O. The van der Waals surface area contributed by atoms with Crippen LogP contribution in [0.15, 0.2) is 30.5 Å². The van der Waals surface area contributed by atoms with Gasteiger partial charge in [-0.15, -0.1) is 0 Å². The van der Waals surface area contributed by atoms with Crippen molar-refractivity contribution in [3.05, 3.63) is 36.2 Å². The van der Waals surface area contributed by atoms with E-state index >= 15 is 0 Å². The third-order valence-corrected chi connectivity index (χ3v) is 2.16. The summed E-state index contributed by atoms with van der Waals surface area (Å²) in [5.41, 5.74) is 0.903. The number of aliphatic carboxylic acids is 1. The summed E-state index contributed by atoms with van der Waals surface area (Å²) in [7, 11) is 0. The molecule has 0 amide bonds. The van der Waals surface area contributed by atoms with Gasteiger partial charge in [-0.05, 0) is 31.1 Å². The van der Waals surface area contributed by atoms with E-state index in [-0.39, 0.29) is 5.92 Å². The van der Waals surface area contributed by atoms with Gasteiger partial charge in [0.2, 0.25) is 0 Å². The standard InChI is InChI=1S/C12H15NO2/c1-10(12(14)15)6-2-3-7-11-8-4-5-9-13-11/h3-5,7-10H,2,6H2,1H3,(H,14,15)/b7-3+. The summed E-state index contributed by atoms with van der Waals surface area (Å²) in [6.45, 7) is 1.72. The number of pyridine rings is 1. The molecule has 0 radical (unpaired) electrons. The summed E-state index contributed by atoms with van der Waals surface area (Å²) in [5, 5.41) is 8.66. The summed E-state index contributed by atoms with van der Waals surface area (Å²) >= 11 is 0. The molecule has 0 bridgehead atoms. The molecule has 0 fully saturated rings. The lowest BCUT2D eigenvalue weighted by Gasteiger charge is -2.01. The maximum Gasteiger partial charge on any atom is 0.306 e. The van der Waals surface area contributed by atoms with E-state index in [2.05, 4.69) is 4.98 Å². The maximum atomic E-state index is 10.5. The lowest BCUT2D eigenvalue weighted by atomic mass is 10.1. The zero-order valence-corrected chi connectivity index (χ0v) is 8.76. The number of nitrogens with zero attached hydrogens (tertiary/aromatic N) is 1. The molecule has 80 valence electrons. The Morgan fingerprint density at radius 1 is 1.60 bits per heavy atom. The molecular weight excluding hydrogens is 190 g/mol. The van der Waals surface area contributed by atoms with Crippen LogP contribution in [0.5, 0.6) is 0 Å². The van der Waals surface area contributed by atoms with Crippen LogP contribution >= 0.6 is 0 Å². The fourth-order valence-corrected chi connectivity index (χ4v) is 1.15. The molecule has 1 atom stereocenters. The van der Waals surface area contributed by atoms with E-state index in [4.69, 9.17) is 5.11 Å². The molecule has 0 saturated heterocycles. The number of hydrogen-bond acceptors (Lipinski definition) is 2. The van der Waals surface area contributed by atoms with Crippen molar-refractivity contribution in [2.24, 2.45) is 5.92 Å². The van der Waals surface area contributed by atoms with Gasteiger partial charge in [0, 0.05) is 6.20 Å². The lowest BCUT2D eigenvalue weighted by molar-refractivity contribution is -0.141. The van der Waals surface area contributed by atoms with E-state index in [0.29, 0.717) is 6.42 Å². The summed E-state index contributed by atoms with van der Waals surface area (Å²) < 4.78 is 0. The Hall–Kier alpha value is -1.64. The lowest BCUT2D eigenvalue weighted by Crippen LogP contribution is -2.08. The van der Waals surface area contributed by atoms with Crippen LogP contribution in [0.4, 0.5) is 0 Å². The Labute approximate surface area is 89.5 Å². The molecular formula is C12H15NO2. The van der Waals surface area contributed by atoms with Crippen LogP contribution in [0, 0.1) is 5.92 Å². The fraction of sp³-hybridized carbons (Fsp3) is 0.333. The van der Waals surface area contributed by atoms with Gasteiger partial charge in [-0.2, -0.15) is 0 Å². The molecule has 0 aliphatic rings. The second-order valence-corrected chi connectivity index (χ2v) is 3.47.